The van der Waals surface area contributed by atoms with Crippen LogP contribution in [0.15, 0.2) is 66.9 Å². The van der Waals surface area contributed by atoms with Crippen molar-refractivity contribution < 1.29 is 14.3 Å². The Bertz CT molecular complexity index is 1070. The smallest absolute Gasteiger partial charge is 0.343 e. The van der Waals surface area contributed by atoms with Crippen molar-refractivity contribution in [1.82, 2.24) is 14.8 Å². The molecule has 0 saturated carbocycles. The molecule has 1 aliphatic rings. The molecule has 3 aromatic rings. The minimum Gasteiger partial charge on any atom is -0.476 e. The van der Waals surface area contributed by atoms with Gasteiger partial charge in [0.05, 0.1) is 7.11 Å². The SMILES string of the molecule is COC(=O)c1cccnc1OCCN1CCN(Cc2ccccc2-c2ccc(Cl)cc2)CC1. The van der Waals surface area contributed by atoms with Crippen LogP contribution in [-0.4, -0.2) is 67.2 Å². The van der Waals surface area contributed by atoms with Gasteiger partial charge >= 0.3 is 5.97 Å². The van der Waals surface area contributed by atoms with Crippen LogP contribution in [0.3, 0.4) is 0 Å². The number of nitrogens with zero attached hydrogens (tertiary/aromatic N) is 3. The second kappa shape index (κ2) is 11.3. The minimum absolute atomic E-state index is 0.321. The molecule has 4 rings (SSSR count). The molecule has 1 aliphatic heterocycles. The molecule has 1 fully saturated rings. The van der Waals surface area contributed by atoms with Crippen molar-refractivity contribution in [2.45, 2.75) is 6.54 Å². The van der Waals surface area contributed by atoms with E-state index in [0.29, 0.717) is 18.1 Å². The summed E-state index contributed by atoms with van der Waals surface area (Å²) in [6.45, 7) is 6.10. The molecule has 0 bridgehead atoms. The standard InChI is InChI=1S/C26H28ClN3O3/c1-32-26(31)24-7-4-12-28-25(24)33-18-17-29-13-15-30(16-14-29)19-21-5-2-3-6-23(21)20-8-10-22(27)11-9-20/h2-12H,13-19H2,1H3. The van der Waals surface area contributed by atoms with Gasteiger partial charge in [-0.2, -0.15) is 0 Å². The van der Waals surface area contributed by atoms with Gasteiger partial charge in [-0.05, 0) is 41.0 Å². The van der Waals surface area contributed by atoms with E-state index in [0.717, 1.165) is 44.3 Å². The molecule has 0 radical (unpaired) electrons. The lowest BCUT2D eigenvalue weighted by Crippen LogP contribution is -2.47. The van der Waals surface area contributed by atoms with Crippen LogP contribution >= 0.6 is 11.6 Å². The first-order chi connectivity index (χ1) is 16.1. The highest BCUT2D eigenvalue weighted by Gasteiger charge is 2.19. The topological polar surface area (TPSA) is 54.9 Å². The number of esters is 1. The Morgan fingerprint density at radius 2 is 1.70 bits per heavy atom. The number of benzene rings is 2. The fraction of sp³-hybridized carbons (Fsp3) is 0.308. The van der Waals surface area contributed by atoms with Crippen LogP contribution in [0.5, 0.6) is 5.88 Å². The predicted molar refractivity (Wildman–Crippen MR) is 130 cm³/mol. The molecule has 0 unspecified atom stereocenters. The Balaban J connectivity index is 1.28. The van der Waals surface area contributed by atoms with Crippen molar-refractivity contribution in [2.24, 2.45) is 0 Å². The Morgan fingerprint density at radius 1 is 0.970 bits per heavy atom. The first-order valence-corrected chi connectivity index (χ1v) is 11.5. The van der Waals surface area contributed by atoms with E-state index in [2.05, 4.69) is 51.2 Å². The van der Waals surface area contributed by atoms with Gasteiger partial charge in [0.25, 0.3) is 0 Å². The third-order valence-corrected chi connectivity index (χ3v) is 6.11. The number of carbonyl (C=O) groups is 1. The minimum atomic E-state index is -0.439. The van der Waals surface area contributed by atoms with E-state index in [1.807, 2.05) is 12.1 Å². The van der Waals surface area contributed by atoms with E-state index in [4.69, 9.17) is 21.1 Å². The number of hydrogen-bond donors (Lipinski definition) is 0. The summed E-state index contributed by atoms with van der Waals surface area (Å²) >= 11 is 6.06. The van der Waals surface area contributed by atoms with Gasteiger partial charge in [-0.3, -0.25) is 9.80 Å². The normalized spacial score (nSPS) is 14.7. The number of aromatic nitrogens is 1. The van der Waals surface area contributed by atoms with Gasteiger partial charge in [-0.25, -0.2) is 9.78 Å². The Morgan fingerprint density at radius 3 is 2.45 bits per heavy atom. The lowest BCUT2D eigenvalue weighted by molar-refractivity contribution is 0.0593. The maximum atomic E-state index is 11.9. The first-order valence-electron chi connectivity index (χ1n) is 11.1. The van der Waals surface area contributed by atoms with Crippen LogP contribution in [0.25, 0.3) is 11.1 Å². The van der Waals surface area contributed by atoms with Crippen LogP contribution in [-0.2, 0) is 11.3 Å². The highest BCUT2D eigenvalue weighted by atomic mass is 35.5. The lowest BCUT2D eigenvalue weighted by atomic mass is 9.99. The van der Waals surface area contributed by atoms with Gasteiger partial charge in [-0.15, -0.1) is 0 Å². The van der Waals surface area contributed by atoms with Crippen LogP contribution in [0.2, 0.25) is 5.02 Å². The molecule has 0 amide bonds. The molecule has 2 heterocycles. The largest absolute Gasteiger partial charge is 0.476 e. The Hall–Kier alpha value is -2.93. The average Bonchev–Trinajstić information content (AvgIpc) is 2.86. The number of piperazine rings is 1. The van der Waals surface area contributed by atoms with Crippen molar-refractivity contribution in [2.75, 3.05) is 46.4 Å². The molecule has 6 nitrogen and oxygen atoms in total. The molecule has 172 valence electrons. The van der Waals surface area contributed by atoms with Gasteiger partial charge in [-0.1, -0.05) is 48.0 Å². The molecular formula is C26H28ClN3O3. The van der Waals surface area contributed by atoms with E-state index in [1.54, 1.807) is 18.3 Å². The quantitative estimate of drug-likeness (QED) is 0.460. The van der Waals surface area contributed by atoms with Gasteiger partial charge < -0.3 is 9.47 Å². The number of ether oxygens (including phenoxy) is 2. The van der Waals surface area contributed by atoms with Crippen molar-refractivity contribution in [3.05, 3.63) is 83.0 Å². The maximum absolute atomic E-state index is 11.9. The van der Waals surface area contributed by atoms with Crippen molar-refractivity contribution in [3.8, 4) is 17.0 Å². The number of hydrogen-bond acceptors (Lipinski definition) is 6. The van der Waals surface area contributed by atoms with E-state index < -0.39 is 5.97 Å². The Kier molecular flexibility index (Phi) is 7.94. The van der Waals surface area contributed by atoms with Gasteiger partial charge in [0.1, 0.15) is 12.2 Å². The third-order valence-electron chi connectivity index (χ3n) is 5.85. The summed E-state index contributed by atoms with van der Waals surface area (Å²) in [7, 11) is 1.35. The zero-order valence-corrected chi connectivity index (χ0v) is 19.5. The zero-order chi connectivity index (χ0) is 23.0. The fourth-order valence-corrected chi connectivity index (χ4v) is 4.15. The van der Waals surface area contributed by atoms with Crippen LogP contribution < -0.4 is 4.74 Å². The van der Waals surface area contributed by atoms with Crippen molar-refractivity contribution in [3.63, 3.8) is 0 Å². The number of rotatable bonds is 8. The second-order valence-corrected chi connectivity index (χ2v) is 8.41. The molecule has 2 aromatic carbocycles. The van der Waals surface area contributed by atoms with Crippen molar-refractivity contribution >= 4 is 17.6 Å². The summed E-state index contributed by atoms with van der Waals surface area (Å²) in [4.78, 5) is 20.9. The fourth-order valence-electron chi connectivity index (χ4n) is 4.02. The lowest BCUT2D eigenvalue weighted by Gasteiger charge is -2.35. The van der Waals surface area contributed by atoms with Crippen LogP contribution in [0.1, 0.15) is 15.9 Å². The predicted octanol–water partition coefficient (Wildman–Crippen LogP) is 4.39. The summed E-state index contributed by atoms with van der Waals surface area (Å²) in [5, 5.41) is 0.751. The molecule has 33 heavy (non-hydrogen) atoms. The molecule has 0 atom stereocenters. The summed E-state index contributed by atoms with van der Waals surface area (Å²) in [6.07, 6.45) is 1.61. The Labute approximate surface area is 199 Å². The molecule has 0 N–H and O–H groups in total. The van der Waals surface area contributed by atoms with Crippen LogP contribution in [0, 0.1) is 0 Å². The van der Waals surface area contributed by atoms with Gasteiger partial charge in [0.15, 0.2) is 0 Å². The third kappa shape index (κ3) is 6.11. The van der Waals surface area contributed by atoms with E-state index in [9.17, 15) is 4.79 Å². The maximum Gasteiger partial charge on any atom is 0.343 e. The molecule has 1 aromatic heterocycles. The molecule has 0 spiro atoms. The van der Waals surface area contributed by atoms with E-state index in [-0.39, 0.29) is 0 Å². The molecule has 7 heteroatoms. The van der Waals surface area contributed by atoms with Gasteiger partial charge in [0, 0.05) is 50.5 Å². The number of carbonyl (C=O) groups excluding carboxylic acids is 1. The number of methoxy groups -OCH3 is 1. The highest BCUT2D eigenvalue weighted by molar-refractivity contribution is 6.30. The zero-order valence-electron chi connectivity index (χ0n) is 18.7. The van der Waals surface area contributed by atoms with E-state index >= 15 is 0 Å². The second-order valence-electron chi connectivity index (χ2n) is 7.98. The molecule has 0 aliphatic carbocycles. The van der Waals surface area contributed by atoms with Crippen molar-refractivity contribution in [1.29, 1.82) is 0 Å². The number of pyridine rings is 1. The monoisotopic (exact) mass is 465 g/mol. The van der Waals surface area contributed by atoms with Crippen LogP contribution in [0.4, 0.5) is 0 Å². The molecular weight excluding hydrogens is 438 g/mol. The molecule has 1 saturated heterocycles. The average molecular weight is 466 g/mol. The highest BCUT2D eigenvalue weighted by Crippen LogP contribution is 2.26. The summed E-state index contributed by atoms with van der Waals surface area (Å²) in [5.41, 5.74) is 4.11. The number of halogens is 1. The first kappa shape index (κ1) is 23.2. The summed E-state index contributed by atoms with van der Waals surface area (Å²) in [6, 6.07) is 19.9. The van der Waals surface area contributed by atoms with Gasteiger partial charge in [0.2, 0.25) is 5.88 Å². The van der Waals surface area contributed by atoms with E-state index in [1.165, 1.54) is 23.8 Å². The summed E-state index contributed by atoms with van der Waals surface area (Å²) < 4.78 is 10.6. The summed E-state index contributed by atoms with van der Waals surface area (Å²) in [5.74, 6) is -0.118.